The first-order chi connectivity index (χ1) is 15.6. The minimum atomic E-state index is -0.0993. The van der Waals surface area contributed by atoms with E-state index in [9.17, 15) is 9.59 Å². The van der Waals surface area contributed by atoms with Gasteiger partial charge in [0.1, 0.15) is 0 Å². The van der Waals surface area contributed by atoms with Gasteiger partial charge < -0.3 is 10.2 Å². The molecule has 0 spiro atoms. The molecule has 0 bridgehead atoms. The summed E-state index contributed by atoms with van der Waals surface area (Å²) in [5, 5.41) is 2.93. The molecule has 4 rings (SSSR count). The van der Waals surface area contributed by atoms with E-state index in [4.69, 9.17) is 0 Å². The first-order valence-corrected chi connectivity index (χ1v) is 12.0. The van der Waals surface area contributed by atoms with Gasteiger partial charge in [-0.25, -0.2) is 0 Å². The molecule has 1 N–H and O–H groups in total. The molecule has 170 valence electrons. The fourth-order valence-corrected chi connectivity index (χ4v) is 5.33. The fourth-order valence-electron chi connectivity index (χ4n) is 5.33. The number of hydrogen-bond acceptors (Lipinski definition) is 3. The lowest BCUT2D eigenvalue weighted by Crippen LogP contribution is -2.47. The van der Waals surface area contributed by atoms with Crippen LogP contribution in [0.5, 0.6) is 0 Å². The summed E-state index contributed by atoms with van der Waals surface area (Å²) in [6.45, 7) is 6.36. The van der Waals surface area contributed by atoms with Gasteiger partial charge in [0.15, 0.2) is 0 Å². The van der Waals surface area contributed by atoms with E-state index in [-0.39, 0.29) is 11.8 Å². The molecular weight excluding hydrogens is 398 g/mol. The Kier molecular flexibility index (Phi) is 7.59. The number of aryl methyl sites for hydroxylation is 1. The predicted molar refractivity (Wildman–Crippen MR) is 127 cm³/mol. The smallest absolute Gasteiger partial charge is 0.251 e. The van der Waals surface area contributed by atoms with Gasteiger partial charge in [0.25, 0.3) is 5.91 Å². The van der Waals surface area contributed by atoms with Crippen LogP contribution >= 0.6 is 0 Å². The third kappa shape index (κ3) is 5.57. The van der Waals surface area contributed by atoms with Gasteiger partial charge in [-0.15, -0.1) is 0 Å². The van der Waals surface area contributed by atoms with Gasteiger partial charge in [-0.2, -0.15) is 0 Å². The Balaban J connectivity index is 1.28. The molecule has 5 heteroatoms. The summed E-state index contributed by atoms with van der Waals surface area (Å²) < 4.78 is 0. The van der Waals surface area contributed by atoms with Gasteiger partial charge in [-0.3, -0.25) is 14.5 Å². The highest BCUT2D eigenvalue weighted by Gasteiger charge is 2.36. The highest BCUT2D eigenvalue weighted by molar-refractivity contribution is 5.95. The highest BCUT2D eigenvalue weighted by Crippen LogP contribution is 2.31. The molecule has 0 radical (unpaired) electrons. The van der Waals surface area contributed by atoms with E-state index in [1.807, 2.05) is 31.2 Å². The number of nitrogens with one attached hydrogen (secondary N) is 1. The molecule has 2 saturated heterocycles. The van der Waals surface area contributed by atoms with Crippen molar-refractivity contribution in [3.05, 3.63) is 71.3 Å². The van der Waals surface area contributed by atoms with Gasteiger partial charge in [0.2, 0.25) is 5.91 Å². The zero-order valence-electron chi connectivity index (χ0n) is 19.1. The Morgan fingerprint density at radius 1 is 0.969 bits per heavy atom. The van der Waals surface area contributed by atoms with Crippen molar-refractivity contribution in [1.82, 2.24) is 15.1 Å². The Bertz CT molecular complexity index is 914. The van der Waals surface area contributed by atoms with Crippen molar-refractivity contribution < 1.29 is 9.59 Å². The van der Waals surface area contributed by atoms with Crippen LogP contribution in [-0.2, 0) is 11.3 Å². The Labute approximate surface area is 191 Å². The summed E-state index contributed by atoms with van der Waals surface area (Å²) >= 11 is 0. The van der Waals surface area contributed by atoms with E-state index in [0.717, 1.165) is 44.6 Å². The van der Waals surface area contributed by atoms with Crippen LogP contribution in [0.1, 0.15) is 53.6 Å². The van der Waals surface area contributed by atoms with Gasteiger partial charge in [-0.05, 0) is 62.3 Å². The maximum absolute atomic E-state index is 13.0. The maximum atomic E-state index is 13.0. The average Bonchev–Trinajstić information content (AvgIpc) is 3.30. The normalized spacial score (nSPS) is 21.5. The molecule has 0 saturated carbocycles. The monoisotopic (exact) mass is 433 g/mol. The Morgan fingerprint density at radius 2 is 1.72 bits per heavy atom. The molecule has 5 nitrogen and oxygen atoms in total. The van der Waals surface area contributed by atoms with Crippen LogP contribution in [-0.4, -0.2) is 53.8 Å². The molecule has 2 aromatic carbocycles. The number of rotatable bonds is 7. The van der Waals surface area contributed by atoms with Crippen LogP contribution in [0.15, 0.2) is 54.6 Å². The summed E-state index contributed by atoms with van der Waals surface area (Å²) in [6, 6.07) is 18.6. The zero-order chi connectivity index (χ0) is 22.3. The summed E-state index contributed by atoms with van der Waals surface area (Å²) in [5.74, 6) is 0.621. The van der Waals surface area contributed by atoms with Gasteiger partial charge in [0.05, 0.1) is 0 Å². The van der Waals surface area contributed by atoms with E-state index in [2.05, 4.69) is 45.4 Å². The molecule has 2 amide bonds. The fraction of sp³-hybridized carbons (Fsp3) is 0.481. The second-order valence-corrected chi connectivity index (χ2v) is 9.24. The second-order valence-electron chi connectivity index (χ2n) is 9.24. The lowest BCUT2D eigenvalue weighted by molar-refractivity contribution is -0.133. The number of nitrogens with zero attached hydrogens (tertiary/aromatic N) is 2. The van der Waals surface area contributed by atoms with Crippen molar-refractivity contribution in [3.8, 4) is 0 Å². The standard InChI is InChI=1S/C27H35N3O2/c1-21-9-5-6-13-24(21)27(32)28-16-15-26(31)30-18-8-14-25(30)23-12-7-17-29(20-23)19-22-10-3-2-4-11-22/h2-6,9-11,13,23,25H,7-8,12,14-20H2,1H3,(H,28,32)/t23-,25+/m1/s1. The molecule has 2 fully saturated rings. The van der Waals surface area contributed by atoms with Crippen LogP contribution in [0.2, 0.25) is 0 Å². The van der Waals surface area contributed by atoms with Crippen molar-refractivity contribution in [3.63, 3.8) is 0 Å². The first kappa shape index (κ1) is 22.5. The SMILES string of the molecule is Cc1ccccc1C(=O)NCCC(=O)N1CCC[C@H]1[C@@H]1CCCN(Cc2ccccc2)C1. The molecule has 2 heterocycles. The van der Waals surface area contributed by atoms with Crippen LogP contribution in [0, 0.1) is 12.8 Å². The molecule has 0 unspecified atom stereocenters. The van der Waals surface area contributed by atoms with Crippen LogP contribution < -0.4 is 5.32 Å². The lowest BCUT2D eigenvalue weighted by atomic mass is 9.88. The van der Waals surface area contributed by atoms with E-state index < -0.39 is 0 Å². The number of piperidine rings is 1. The molecular formula is C27H35N3O2. The summed E-state index contributed by atoms with van der Waals surface area (Å²) in [4.78, 5) is 30.1. The van der Waals surface area contributed by atoms with Gasteiger partial charge in [0, 0.05) is 44.2 Å². The average molecular weight is 434 g/mol. The van der Waals surface area contributed by atoms with E-state index >= 15 is 0 Å². The number of carbonyl (C=O) groups is 2. The molecule has 2 aliphatic rings. The highest BCUT2D eigenvalue weighted by atomic mass is 16.2. The summed E-state index contributed by atoms with van der Waals surface area (Å²) in [5.41, 5.74) is 2.99. The van der Waals surface area contributed by atoms with Crippen molar-refractivity contribution >= 4 is 11.8 Å². The minimum Gasteiger partial charge on any atom is -0.352 e. The molecule has 32 heavy (non-hydrogen) atoms. The van der Waals surface area contributed by atoms with Crippen molar-refractivity contribution in [2.75, 3.05) is 26.2 Å². The second kappa shape index (κ2) is 10.8. The van der Waals surface area contributed by atoms with E-state index in [1.165, 1.54) is 18.4 Å². The van der Waals surface area contributed by atoms with E-state index in [0.29, 0.717) is 30.5 Å². The van der Waals surface area contributed by atoms with Crippen molar-refractivity contribution in [2.24, 2.45) is 5.92 Å². The van der Waals surface area contributed by atoms with Gasteiger partial charge >= 0.3 is 0 Å². The van der Waals surface area contributed by atoms with Crippen molar-refractivity contribution in [2.45, 2.75) is 51.6 Å². The number of likely N-dealkylation sites (tertiary alicyclic amines) is 2. The predicted octanol–water partition coefficient (Wildman–Crippen LogP) is 4.02. The summed E-state index contributed by atoms with van der Waals surface area (Å²) in [6.07, 6.45) is 4.95. The topological polar surface area (TPSA) is 52.7 Å². The molecule has 2 aromatic rings. The van der Waals surface area contributed by atoms with Crippen molar-refractivity contribution in [1.29, 1.82) is 0 Å². The molecule has 0 aliphatic carbocycles. The third-order valence-electron chi connectivity index (χ3n) is 6.97. The van der Waals surface area contributed by atoms with Gasteiger partial charge in [-0.1, -0.05) is 48.5 Å². The summed E-state index contributed by atoms with van der Waals surface area (Å²) in [7, 11) is 0. The minimum absolute atomic E-state index is 0.0993. The lowest BCUT2D eigenvalue weighted by Gasteiger charge is -2.39. The van der Waals surface area contributed by atoms with Crippen LogP contribution in [0.4, 0.5) is 0 Å². The number of benzene rings is 2. The Hall–Kier alpha value is -2.66. The van der Waals surface area contributed by atoms with Crippen LogP contribution in [0.25, 0.3) is 0 Å². The third-order valence-corrected chi connectivity index (χ3v) is 6.97. The first-order valence-electron chi connectivity index (χ1n) is 12.0. The maximum Gasteiger partial charge on any atom is 0.251 e. The number of amides is 2. The van der Waals surface area contributed by atoms with E-state index in [1.54, 1.807) is 0 Å². The molecule has 2 atom stereocenters. The number of carbonyl (C=O) groups excluding carboxylic acids is 2. The largest absolute Gasteiger partial charge is 0.352 e. The molecule has 0 aromatic heterocycles. The zero-order valence-corrected chi connectivity index (χ0v) is 19.1. The number of hydrogen-bond donors (Lipinski definition) is 1. The quantitative estimate of drug-likeness (QED) is 0.718. The molecule has 2 aliphatic heterocycles. The Morgan fingerprint density at radius 3 is 2.53 bits per heavy atom. The van der Waals surface area contributed by atoms with Crippen LogP contribution in [0.3, 0.4) is 0 Å².